The second-order valence-electron chi connectivity index (χ2n) is 4.59. The normalized spacial score (nSPS) is 14.5. The van der Waals surface area contributed by atoms with Crippen LogP contribution in [0.25, 0.3) is 0 Å². The van der Waals surface area contributed by atoms with Crippen molar-refractivity contribution in [3.05, 3.63) is 24.3 Å². The lowest BCUT2D eigenvalue weighted by atomic mass is 10.2. The second kappa shape index (κ2) is 10.7. The van der Waals surface area contributed by atoms with Gasteiger partial charge < -0.3 is 20.3 Å². The van der Waals surface area contributed by atoms with E-state index in [0.717, 1.165) is 38.4 Å². The average molecular weight is 336 g/mol. The third-order valence-corrected chi connectivity index (χ3v) is 3.25. The first-order valence-electron chi connectivity index (χ1n) is 6.65. The summed E-state index contributed by atoms with van der Waals surface area (Å²) in [7, 11) is 1.60. The van der Waals surface area contributed by atoms with Gasteiger partial charge in [0.1, 0.15) is 5.75 Å². The molecule has 120 valence electrons. The molecule has 2 rings (SSSR count). The maximum Gasteiger partial charge on any atom is 0.225 e. The van der Waals surface area contributed by atoms with Gasteiger partial charge in [-0.1, -0.05) is 12.1 Å². The summed E-state index contributed by atoms with van der Waals surface area (Å²) in [6.45, 7) is 4.86. The molecule has 1 aliphatic rings. The number of ether oxygens (including phenoxy) is 1. The molecule has 0 spiro atoms. The van der Waals surface area contributed by atoms with Crippen LogP contribution in [0, 0.1) is 0 Å². The molecule has 1 saturated heterocycles. The number of hydrogen-bond acceptors (Lipinski definition) is 4. The Morgan fingerprint density at radius 3 is 2.62 bits per heavy atom. The van der Waals surface area contributed by atoms with Crippen molar-refractivity contribution in [2.45, 2.75) is 6.42 Å². The Bertz CT molecular complexity index is 426. The van der Waals surface area contributed by atoms with Gasteiger partial charge in [0, 0.05) is 39.1 Å². The zero-order valence-corrected chi connectivity index (χ0v) is 13.8. The van der Waals surface area contributed by atoms with Crippen molar-refractivity contribution in [2.24, 2.45) is 0 Å². The molecule has 0 radical (unpaired) electrons. The molecule has 1 aromatic carbocycles. The van der Waals surface area contributed by atoms with Gasteiger partial charge >= 0.3 is 0 Å². The Morgan fingerprint density at radius 1 is 1.29 bits per heavy atom. The van der Waals surface area contributed by atoms with Crippen LogP contribution in [0.5, 0.6) is 5.75 Å². The quantitative estimate of drug-likeness (QED) is 0.861. The summed E-state index contributed by atoms with van der Waals surface area (Å²) >= 11 is 0. The van der Waals surface area contributed by atoms with E-state index >= 15 is 0 Å². The van der Waals surface area contributed by atoms with Crippen molar-refractivity contribution < 1.29 is 9.53 Å². The topological polar surface area (TPSA) is 53.6 Å². The maximum atomic E-state index is 11.9. The number of nitrogens with zero attached hydrogens (tertiary/aromatic N) is 1. The summed E-state index contributed by atoms with van der Waals surface area (Å²) in [6, 6.07) is 7.46. The molecular weight excluding hydrogens is 313 g/mol. The van der Waals surface area contributed by atoms with Crippen LogP contribution in [0.3, 0.4) is 0 Å². The molecule has 1 heterocycles. The molecular formula is C14H23Cl2N3O2. The highest BCUT2D eigenvalue weighted by molar-refractivity contribution is 5.92. The Morgan fingerprint density at radius 2 is 1.95 bits per heavy atom. The minimum atomic E-state index is 0. The molecule has 0 bridgehead atoms. The number of para-hydroxylation sites is 2. The van der Waals surface area contributed by atoms with Crippen LogP contribution in [0.1, 0.15) is 6.42 Å². The third kappa shape index (κ3) is 6.52. The summed E-state index contributed by atoms with van der Waals surface area (Å²) in [5, 5.41) is 6.19. The van der Waals surface area contributed by atoms with Gasteiger partial charge in [-0.15, -0.1) is 24.8 Å². The first-order valence-corrected chi connectivity index (χ1v) is 6.65. The number of anilines is 1. The Labute approximate surface area is 138 Å². The van der Waals surface area contributed by atoms with Crippen LogP contribution in [-0.2, 0) is 4.79 Å². The standard InChI is InChI=1S/C14H21N3O2.2ClH/c1-19-13-5-3-2-4-12(13)16-14(18)6-9-17-10-7-15-8-11-17;;/h2-5,15H,6-11H2,1H3,(H,16,18);2*1H. The van der Waals surface area contributed by atoms with Crippen LogP contribution in [0.2, 0.25) is 0 Å². The van der Waals surface area contributed by atoms with Crippen LogP contribution in [0.4, 0.5) is 5.69 Å². The number of hydrogen-bond donors (Lipinski definition) is 2. The minimum Gasteiger partial charge on any atom is -0.495 e. The molecule has 1 aromatic rings. The van der Waals surface area contributed by atoms with E-state index in [9.17, 15) is 4.79 Å². The molecule has 1 amide bonds. The lowest BCUT2D eigenvalue weighted by molar-refractivity contribution is -0.116. The molecule has 2 N–H and O–H groups in total. The van der Waals surface area contributed by atoms with Gasteiger partial charge in [0.15, 0.2) is 0 Å². The van der Waals surface area contributed by atoms with E-state index in [4.69, 9.17) is 4.74 Å². The lowest BCUT2D eigenvalue weighted by Gasteiger charge is -2.26. The molecule has 5 nitrogen and oxygen atoms in total. The molecule has 1 fully saturated rings. The first-order chi connectivity index (χ1) is 9.29. The predicted octanol–water partition coefficient (Wildman–Crippen LogP) is 1.77. The molecule has 0 unspecified atom stereocenters. The van der Waals surface area contributed by atoms with E-state index in [1.165, 1.54) is 0 Å². The number of benzene rings is 1. The number of nitrogens with one attached hydrogen (secondary N) is 2. The predicted molar refractivity (Wildman–Crippen MR) is 90.0 cm³/mol. The average Bonchev–Trinajstić information content (AvgIpc) is 2.47. The second-order valence-corrected chi connectivity index (χ2v) is 4.59. The molecule has 0 saturated carbocycles. The monoisotopic (exact) mass is 335 g/mol. The summed E-state index contributed by atoms with van der Waals surface area (Å²) < 4.78 is 5.21. The van der Waals surface area contributed by atoms with Crippen molar-refractivity contribution in [1.29, 1.82) is 0 Å². The van der Waals surface area contributed by atoms with Crippen LogP contribution < -0.4 is 15.4 Å². The Kier molecular flexibility index (Phi) is 10.2. The molecule has 0 aromatic heterocycles. The minimum absolute atomic E-state index is 0. The number of halogens is 2. The van der Waals surface area contributed by atoms with E-state index in [1.54, 1.807) is 7.11 Å². The van der Waals surface area contributed by atoms with Crippen LogP contribution in [-0.4, -0.2) is 50.6 Å². The zero-order chi connectivity index (χ0) is 13.5. The maximum absolute atomic E-state index is 11.9. The van der Waals surface area contributed by atoms with Crippen molar-refractivity contribution in [1.82, 2.24) is 10.2 Å². The molecule has 7 heteroatoms. The van der Waals surface area contributed by atoms with Crippen LogP contribution in [0.15, 0.2) is 24.3 Å². The lowest BCUT2D eigenvalue weighted by Crippen LogP contribution is -2.44. The van der Waals surface area contributed by atoms with E-state index in [1.807, 2.05) is 24.3 Å². The van der Waals surface area contributed by atoms with Gasteiger partial charge in [-0.2, -0.15) is 0 Å². The first kappa shape index (κ1) is 20.0. The van der Waals surface area contributed by atoms with Gasteiger partial charge in [0.2, 0.25) is 5.91 Å². The third-order valence-electron chi connectivity index (χ3n) is 3.25. The highest BCUT2D eigenvalue weighted by Gasteiger charge is 2.12. The molecule has 0 atom stereocenters. The van der Waals surface area contributed by atoms with E-state index in [2.05, 4.69) is 15.5 Å². The summed E-state index contributed by atoms with van der Waals surface area (Å²) in [5.74, 6) is 0.723. The van der Waals surface area contributed by atoms with Gasteiger partial charge in [-0.3, -0.25) is 4.79 Å². The fourth-order valence-electron chi connectivity index (χ4n) is 2.16. The zero-order valence-electron chi connectivity index (χ0n) is 12.1. The van der Waals surface area contributed by atoms with Crippen LogP contribution >= 0.6 is 24.8 Å². The van der Waals surface area contributed by atoms with E-state index in [-0.39, 0.29) is 30.7 Å². The SMILES string of the molecule is COc1ccccc1NC(=O)CCN1CCNCC1.Cl.Cl. The summed E-state index contributed by atoms with van der Waals surface area (Å²) in [5.41, 5.74) is 0.732. The van der Waals surface area contributed by atoms with E-state index in [0.29, 0.717) is 12.2 Å². The number of carbonyl (C=O) groups is 1. The van der Waals surface area contributed by atoms with Crippen molar-refractivity contribution in [3.8, 4) is 5.75 Å². The smallest absolute Gasteiger partial charge is 0.225 e. The van der Waals surface area contributed by atoms with Crippen molar-refractivity contribution in [3.63, 3.8) is 0 Å². The molecule has 21 heavy (non-hydrogen) atoms. The van der Waals surface area contributed by atoms with Gasteiger partial charge in [0.05, 0.1) is 12.8 Å². The Balaban J connectivity index is 0.00000200. The highest BCUT2D eigenvalue weighted by atomic mass is 35.5. The summed E-state index contributed by atoms with van der Waals surface area (Å²) in [6.07, 6.45) is 0.512. The Hall–Kier alpha value is -1.01. The van der Waals surface area contributed by atoms with Crippen molar-refractivity contribution >= 4 is 36.4 Å². The number of amides is 1. The fourth-order valence-corrected chi connectivity index (χ4v) is 2.16. The number of methoxy groups -OCH3 is 1. The van der Waals surface area contributed by atoms with Crippen molar-refractivity contribution in [2.75, 3.05) is 45.2 Å². The number of piperazine rings is 1. The molecule has 1 aliphatic heterocycles. The molecule has 0 aliphatic carbocycles. The largest absolute Gasteiger partial charge is 0.495 e. The van der Waals surface area contributed by atoms with E-state index < -0.39 is 0 Å². The fraction of sp³-hybridized carbons (Fsp3) is 0.500. The number of carbonyl (C=O) groups excluding carboxylic acids is 1. The van der Waals surface area contributed by atoms with Gasteiger partial charge in [-0.25, -0.2) is 0 Å². The summed E-state index contributed by atoms with van der Waals surface area (Å²) in [4.78, 5) is 14.2. The van der Waals surface area contributed by atoms with Gasteiger partial charge in [-0.05, 0) is 12.1 Å². The van der Waals surface area contributed by atoms with Gasteiger partial charge in [0.25, 0.3) is 0 Å². The number of rotatable bonds is 5. The highest BCUT2D eigenvalue weighted by Crippen LogP contribution is 2.22.